The number of aromatic carboxylic acids is 1. The molecule has 0 saturated carbocycles. The van der Waals surface area contributed by atoms with E-state index in [1.165, 1.54) is 6.07 Å². The van der Waals surface area contributed by atoms with Gasteiger partial charge in [-0.1, -0.05) is 18.2 Å². The predicted molar refractivity (Wildman–Crippen MR) is 75.2 cm³/mol. The lowest BCUT2D eigenvalue weighted by atomic mass is 10.2. The summed E-state index contributed by atoms with van der Waals surface area (Å²) in [6.45, 7) is 0. The molecular weight excluding hydrogens is 254 g/mol. The molecule has 1 aromatic heterocycles. The Hall–Kier alpha value is -2.88. The lowest BCUT2D eigenvalue weighted by Crippen LogP contribution is -1.99. The Bertz CT molecular complexity index is 778. The van der Waals surface area contributed by atoms with Gasteiger partial charge in [-0.05, 0) is 36.4 Å². The fourth-order valence-electron chi connectivity index (χ4n) is 2.01. The molecule has 1 N–H and O–H groups in total. The Kier molecular flexibility index (Phi) is 3.05. The van der Waals surface area contributed by atoms with Crippen LogP contribution in [0.4, 0.5) is 0 Å². The van der Waals surface area contributed by atoms with Crippen molar-refractivity contribution in [2.24, 2.45) is 0 Å². The van der Waals surface area contributed by atoms with Crippen LogP contribution in [-0.2, 0) is 0 Å². The summed E-state index contributed by atoms with van der Waals surface area (Å²) in [6, 6.07) is 15.8. The molecule has 4 nitrogen and oxygen atoms in total. The molecule has 1 heterocycles. The maximum absolute atomic E-state index is 11.2. The monoisotopic (exact) mass is 265 g/mol. The number of hydrogen-bond donors (Lipinski definition) is 1. The smallest absolute Gasteiger partial charge is 0.339 e. The second-order valence-electron chi connectivity index (χ2n) is 4.23. The quantitative estimate of drug-likeness (QED) is 0.784. The van der Waals surface area contributed by atoms with Gasteiger partial charge < -0.3 is 9.84 Å². The molecule has 3 aromatic rings. The number of aromatic nitrogens is 1. The minimum atomic E-state index is -1.01. The molecule has 20 heavy (non-hydrogen) atoms. The molecule has 0 fully saturated rings. The van der Waals surface area contributed by atoms with Crippen LogP contribution in [0.5, 0.6) is 11.5 Å². The van der Waals surface area contributed by atoms with Crippen molar-refractivity contribution in [3.63, 3.8) is 0 Å². The van der Waals surface area contributed by atoms with Gasteiger partial charge in [0.15, 0.2) is 0 Å². The summed E-state index contributed by atoms with van der Waals surface area (Å²) in [5.74, 6) is -0.111. The first-order valence-corrected chi connectivity index (χ1v) is 6.09. The molecule has 2 aromatic carbocycles. The third-order valence-electron chi connectivity index (χ3n) is 2.94. The second-order valence-corrected chi connectivity index (χ2v) is 4.23. The zero-order valence-corrected chi connectivity index (χ0v) is 10.5. The number of hydrogen-bond acceptors (Lipinski definition) is 3. The number of fused-ring (bicyclic) bond motifs is 1. The number of benzene rings is 2. The summed E-state index contributed by atoms with van der Waals surface area (Å²) in [4.78, 5) is 15.4. The van der Waals surface area contributed by atoms with Crippen LogP contribution in [0.3, 0.4) is 0 Å². The van der Waals surface area contributed by atoms with Crippen LogP contribution in [0.15, 0.2) is 60.8 Å². The van der Waals surface area contributed by atoms with Crippen LogP contribution in [-0.4, -0.2) is 16.1 Å². The summed E-state index contributed by atoms with van der Waals surface area (Å²) in [7, 11) is 0. The Morgan fingerprint density at radius 2 is 1.75 bits per heavy atom. The Balaban J connectivity index is 2.08. The maximum atomic E-state index is 11.2. The number of para-hydroxylation sites is 1. The molecule has 0 atom stereocenters. The van der Waals surface area contributed by atoms with E-state index in [1.54, 1.807) is 30.5 Å². The number of carbonyl (C=O) groups is 1. The van der Waals surface area contributed by atoms with Crippen molar-refractivity contribution in [1.82, 2.24) is 4.98 Å². The van der Waals surface area contributed by atoms with E-state index < -0.39 is 5.97 Å². The fourth-order valence-corrected chi connectivity index (χ4v) is 2.01. The normalized spacial score (nSPS) is 10.4. The van der Waals surface area contributed by atoms with E-state index in [-0.39, 0.29) is 5.56 Å². The zero-order chi connectivity index (χ0) is 13.9. The molecule has 0 aliphatic rings. The summed E-state index contributed by atoms with van der Waals surface area (Å²) in [5.41, 5.74) is 0.936. The number of pyridine rings is 1. The van der Waals surface area contributed by atoms with Gasteiger partial charge in [-0.2, -0.15) is 0 Å². The van der Waals surface area contributed by atoms with Crippen molar-refractivity contribution >= 4 is 16.9 Å². The van der Waals surface area contributed by atoms with E-state index in [0.29, 0.717) is 11.5 Å². The molecule has 0 unspecified atom stereocenters. The summed E-state index contributed by atoms with van der Waals surface area (Å²) in [5, 5.41) is 10.0. The highest BCUT2D eigenvalue weighted by Crippen LogP contribution is 2.30. The molecule has 0 radical (unpaired) electrons. The molecule has 0 amide bonds. The highest BCUT2D eigenvalue weighted by molar-refractivity contribution is 5.91. The third-order valence-corrected chi connectivity index (χ3v) is 2.94. The SMILES string of the molecule is O=C(O)c1ccccc1Oc1cccc2ncccc12. The molecule has 98 valence electrons. The zero-order valence-electron chi connectivity index (χ0n) is 10.5. The van der Waals surface area contributed by atoms with E-state index in [9.17, 15) is 4.79 Å². The van der Waals surface area contributed by atoms with Crippen molar-refractivity contribution in [3.05, 3.63) is 66.4 Å². The van der Waals surface area contributed by atoms with Gasteiger partial charge in [-0.3, -0.25) is 4.98 Å². The van der Waals surface area contributed by atoms with Gasteiger partial charge in [0.1, 0.15) is 17.1 Å². The lowest BCUT2D eigenvalue weighted by molar-refractivity contribution is 0.0694. The first kappa shape index (κ1) is 12.2. The van der Waals surface area contributed by atoms with Crippen LogP contribution < -0.4 is 4.74 Å². The summed E-state index contributed by atoms with van der Waals surface area (Å²) in [6.07, 6.45) is 1.71. The Morgan fingerprint density at radius 1 is 0.950 bits per heavy atom. The number of nitrogens with zero attached hydrogens (tertiary/aromatic N) is 1. The Morgan fingerprint density at radius 3 is 2.60 bits per heavy atom. The van der Waals surface area contributed by atoms with E-state index in [4.69, 9.17) is 9.84 Å². The van der Waals surface area contributed by atoms with Gasteiger partial charge in [-0.25, -0.2) is 4.79 Å². The standard InChI is InChI=1S/C16H11NO3/c18-16(19)12-5-1-2-8-15(12)20-14-9-3-7-13-11(14)6-4-10-17-13/h1-10H,(H,18,19). The highest BCUT2D eigenvalue weighted by atomic mass is 16.5. The van der Waals surface area contributed by atoms with Gasteiger partial charge >= 0.3 is 5.97 Å². The van der Waals surface area contributed by atoms with Gasteiger partial charge in [0.2, 0.25) is 0 Å². The molecule has 0 aliphatic carbocycles. The van der Waals surface area contributed by atoms with Crippen LogP contribution in [0, 0.1) is 0 Å². The number of ether oxygens (including phenoxy) is 1. The van der Waals surface area contributed by atoms with E-state index in [2.05, 4.69) is 4.98 Å². The van der Waals surface area contributed by atoms with Gasteiger partial charge in [-0.15, -0.1) is 0 Å². The van der Waals surface area contributed by atoms with E-state index in [1.807, 2.05) is 24.3 Å². The van der Waals surface area contributed by atoms with E-state index in [0.717, 1.165) is 10.9 Å². The van der Waals surface area contributed by atoms with Crippen molar-refractivity contribution in [1.29, 1.82) is 0 Å². The molecule has 0 spiro atoms. The molecule has 3 rings (SSSR count). The largest absolute Gasteiger partial charge is 0.478 e. The molecule has 4 heteroatoms. The van der Waals surface area contributed by atoms with Crippen LogP contribution >= 0.6 is 0 Å². The van der Waals surface area contributed by atoms with E-state index >= 15 is 0 Å². The topological polar surface area (TPSA) is 59.4 Å². The predicted octanol–water partition coefficient (Wildman–Crippen LogP) is 3.73. The van der Waals surface area contributed by atoms with Crippen LogP contribution in [0.2, 0.25) is 0 Å². The minimum absolute atomic E-state index is 0.133. The number of carboxylic acids is 1. The molecular formula is C16H11NO3. The summed E-state index contributed by atoms with van der Waals surface area (Å²) < 4.78 is 5.76. The van der Waals surface area contributed by atoms with Crippen molar-refractivity contribution in [2.45, 2.75) is 0 Å². The third kappa shape index (κ3) is 2.19. The lowest BCUT2D eigenvalue weighted by Gasteiger charge is -2.10. The second kappa shape index (κ2) is 5.01. The first-order chi connectivity index (χ1) is 9.75. The Labute approximate surface area is 115 Å². The average molecular weight is 265 g/mol. The minimum Gasteiger partial charge on any atom is -0.478 e. The highest BCUT2D eigenvalue weighted by Gasteiger charge is 2.12. The van der Waals surface area contributed by atoms with Gasteiger partial charge in [0, 0.05) is 11.6 Å². The molecule has 0 bridgehead atoms. The molecule has 0 saturated heterocycles. The number of rotatable bonds is 3. The van der Waals surface area contributed by atoms with Crippen LogP contribution in [0.1, 0.15) is 10.4 Å². The first-order valence-electron chi connectivity index (χ1n) is 6.09. The maximum Gasteiger partial charge on any atom is 0.339 e. The van der Waals surface area contributed by atoms with Crippen molar-refractivity contribution < 1.29 is 14.6 Å². The molecule has 0 aliphatic heterocycles. The number of carboxylic acid groups (broad SMARTS) is 1. The fraction of sp³-hybridized carbons (Fsp3) is 0. The van der Waals surface area contributed by atoms with Crippen molar-refractivity contribution in [2.75, 3.05) is 0 Å². The van der Waals surface area contributed by atoms with Gasteiger partial charge in [0.25, 0.3) is 0 Å². The van der Waals surface area contributed by atoms with Gasteiger partial charge in [0.05, 0.1) is 5.52 Å². The van der Waals surface area contributed by atoms with Crippen LogP contribution in [0.25, 0.3) is 10.9 Å². The van der Waals surface area contributed by atoms with Crippen molar-refractivity contribution in [3.8, 4) is 11.5 Å². The average Bonchev–Trinajstić information content (AvgIpc) is 2.48. The summed E-state index contributed by atoms with van der Waals surface area (Å²) >= 11 is 0.